The van der Waals surface area contributed by atoms with Crippen LogP contribution in [0, 0.1) is 6.92 Å². The first-order valence-electron chi connectivity index (χ1n) is 9.04. The van der Waals surface area contributed by atoms with Gasteiger partial charge in [-0.2, -0.15) is 0 Å². The quantitative estimate of drug-likeness (QED) is 0.293. The first-order valence-corrected chi connectivity index (χ1v) is 9.04. The summed E-state index contributed by atoms with van der Waals surface area (Å²) in [6, 6.07) is 12.1. The number of aryl methyl sites for hydroxylation is 1. The number of rotatable bonds is 8. The Morgan fingerprint density at radius 1 is 1.04 bits per heavy atom. The second-order valence-corrected chi connectivity index (χ2v) is 6.36. The molecule has 27 heavy (non-hydrogen) atoms. The predicted octanol–water partition coefficient (Wildman–Crippen LogP) is 4.79. The molecule has 0 radical (unpaired) electrons. The molecule has 0 atom stereocenters. The van der Waals surface area contributed by atoms with Gasteiger partial charge in [0.15, 0.2) is 11.6 Å². The maximum absolute atomic E-state index is 13.0. The van der Waals surface area contributed by atoms with Gasteiger partial charge in [-0.05, 0) is 43.5 Å². The van der Waals surface area contributed by atoms with Crippen molar-refractivity contribution in [3.8, 4) is 0 Å². The first kappa shape index (κ1) is 20.3. The number of ether oxygens (including phenoxy) is 1. The number of carbonyl (C=O) groups excluding carboxylic acids is 3. The lowest BCUT2D eigenvalue weighted by Crippen LogP contribution is -2.07. The van der Waals surface area contributed by atoms with E-state index in [0.29, 0.717) is 28.9 Å². The fraction of sp³-hybridized carbons (Fsp3) is 0.261. The predicted molar refractivity (Wildman–Crippen MR) is 106 cm³/mol. The van der Waals surface area contributed by atoms with Crippen LogP contribution < -0.4 is 0 Å². The molecule has 0 fully saturated rings. The molecule has 0 spiro atoms. The summed E-state index contributed by atoms with van der Waals surface area (Å²) >= 11 is 0. The Labute approximate surface area is 159 Å². The van der Waals surface area contributed by atoms with Gasteiger partial charge in [0.2, 0.25) is 0 Å². The Bertz CT molecular complexity index is 878. The van der Waals surface area contributed by atoms with Gasteiger partial charge in [-0.25, -0.2) is 4.79 Å². The summed E-state index contributed by atoms with van der Waals surface area (Å²) in [7, 11) is 0. The smallest absolute Gasteiger partial charge is 0.330 e. The molecule has 0 aromatic heterocycles. The van der Waals surface area contributed by atoms with E-state index < -0.39 is 5.97 Å². The van der Waals surface area contributed by atoms with Gasteiger partial charge < -0.3 is 4.74 Å². The van der Waals surface area contributed by atoms with Gasteiger partial charge in [-0.3, -0.25) is 9.59 Å². The van der Waals surface area contributed by atoms with Crippen molar-refractivity contribution in [1.29, 1.82) is 0 Å². The van der Waals surface area contributed by atoms with Gasteiger partial charge >= 0.3 is 5.97 Å². The maximum Gasteiger partial charge on any atom is 0.330 e. The maximum atomic E-state index is 13.0. The third-order valence-electron chi connectivity index (χ3n) is 4.23. The van der Waals surface area contributed by atoms with Crippen molar-refractivity contribution < 1.29 is 19.1 Å². The van der Waals surface area contributed by atoms with E-state index in [-0.39, 0.29) is 11.6 Å². The number of unbranched alkanes of at least 4 members (excludes halogenated alkanes) is 1. The van der Waals surface area contributed by atoms with Crippen molar-refractivity contribution in [2.24, 2.45) is 0 Å². The van der Waals surface area contributed by atoms with E-state index in [1.807, 2.05) is 19.9 Å². The fourth-order valence-electron chi connectivity index (χ4n) is 2.65. The lowest BCUT2D eigenvalue weighted by Gasteiger charge is -2.09. The summed E-state index contributed by atoms with van der Waals surface area (Å²) in [6.45, 7) is 5.76. The van der Waals surface area contributed by atoms with Crippen molar-refractivity contribution in [1.82, 2.24) is 0 Å². The molecule has 0 saturated carbocycles. The molecule has 0 saturated heterocycles. The minimum absolute atomic E-state index is 0.0937. The largest absolute Gasteiger partial charge is 0.463 e. The number of ketones is 2. The molecule has 0 aliphatic heterocycles. The molecule has 0 unspecified atom stereocenters. The van der Waals surface area contributed by atoms with Crippen LogP contribution in [0.5, 0.6) is 0 Å². The van der Waals surface area contributed by atoms with Gasteiger partial charge in [0.05, 0.1) is 6.61 Å². The SMILES string of the molecule is CCCCOC(=O)/C=C/c1c(C)cccc1C(=O)c1cccc(C(C)=O)c1. The van der Waals surface area contributed by atoms with Gasteiger partial charge in [-0.1, -0.05) is 49.7 Å². The van der Waals surface area contributed by atoms with Crippen LogP contribution in [-0.2, 0) is 9.53 Å². The van der Waals surface area contributed by atoms with E-state index in [1.165, 1.54) is 13.0 Å². The second kappa shape index (κ2) is 9.62. The third-order valence-corrected chi connectivity index (χ3v) is 4.23. The number of carbonyl (C=O) groups is 3. The van der Waals surface area contributed by atoms with Crippen LogP contribution in [0.3, 0.4) is 0 Å². The van der Waals surface area contributed by atoms with E-state index in [0.717, 1.165) is 18.4 Å². The van der Waals surface area contributed by atoms with E-state index in [1.54, 1.807) is 42.5 Å². The Hall–Kier alpha value is -3.01. The lowest BCUT2D eigenvalue weighted by atomic mass is 9.94. The minimum atomic E-state index is -0.427. The zero-order valence-electron chi connectivity index (χ0n) is 16.0. The van der Waals surface area contributed by atoms with Crippen LogP contribution in [0.2, 0.25) is 0 Å². The van der Waals surface area contributed by atoms with Gasteiger partial charge in [0.1, 0.15) is 0 Å². The van der Waals surface area contributed by atoms with Crippen molar-refractivity contribution >= 4 is 23.6 Å². The Balaban J connectivity index is 2.31. The highest BCUT2D eigenvalue weighted by Crippen LogP contribution is 2.21. The molecule has 0 heterocycles. The van der Waals surface area contributed by atoms with E-state index in [4.69, 9.17) is 4.74 Å². The molecule has 0 aliphatic carbocycles. The number of benzene rings is 2. The average molecular weight is 364 g/mol. The van der Waals surface area contributed by atoms with Crippen molar-refractivity contribution in [3.05, 3.63) is 76.4 Å². The van der Waals surface area contributed by atoms with Crippen LogP contribution in [0.1, 0.15) is 64.1 Å². The minimum Gasteiger partial charge on any atom is -0.463 e. The zero-order valence-corrected chi connectivity index (χ0v) is 16.0. The highest BCUT2D eigenvalue weighted by Gasteiger charge is 2.15. The molecule has 140 valence electrons. The molecular weight excluding hydrogens is 340 g/mol. The number of hydrogen-bond donors (Lipinski definition) is 0. The number of Topliss-reactive ketones (excluding diaryl/α,β-unsaturated/α-hetero) is 1. The topological polar surface area (TPSA) is 60.4 Å². The molecule has 2 aromatic rings. The first-order chi connectivity index (χ1) is 12.9. The monoisotopic (exact) mass is 364 g/mol. The molecule has 4 nitrogen and oxygen atoms in total. The van der Waals surface area contributed by atoms with Crippen molar-refractivity contribution in [2.75, 3.05) is 6.61 Å². The normalized spacial score (nSPS) is 10.8. The van der Waals surface area contributed by atoms with Crippen LogP contribution in [0.4, 0.5) is 0 Å². The molecule has 0 bridgehead atoms. The van der Waals surface area contributed by atoms with Crippen molar-refractivity contribution in [3.63, 3.8) is 0 Å². The van der Waals surface area contributed by atoms with E-state index in [9.17, 15) is 14.4 Å². The molecule has 2 rings (SSSR count). The number of esters is 1. The number of hydrogen-bond acceptors (Lipinski definition) is 4. The van der Waals surface area contributed by atoms with Gasteiger partial charge in [0.25, 0.3) is 0 Å². The van der Waals surface area contributed by atoms with E-state index in [2.05, 4.69) is 0 Å². The van der Waals surface area contributed by atoms with Crippen LogP contribution in [0.25, 0.3) is 6.08 Å². The van der Waals surface area contributed by atoms with Gasteiger partial charge in [-0.15, -0.1) is 0 Å². The summed E-state index contributed by atoms with van der Waals surface area (Å²) < 4.78 is 5.12. The molecule has 2 aromatic carbocycles. The lowest BCUT2D eigenvalue weighted by molar-refractivity contribution is -0.137. The molecule has 4 heteroatoms. The van der Waals surface area contributed by atoms with Crippen LogP contribution in [0.15, 0.2) is 48.5 Å². The molecule has 0 amide bonds. The summed E-state index contributed by atoms with van der Waals surface area (Å²) in [5.74, 6) is -0.715. The van der Waals surface area contributed by atoms with Crippen molar-refractivity contribution in [2.45, 2.75) is 33.6 Å². The summed E-state index contributed by atoms with van der Waals surface area (Å²) in [5, 5.41) is 0. The average Bonchev–Trinajstić information content (AvgIpc) is 2.66. The zero-order chi connectivity index (χ0) is 19.8. The van der Waals surface area contributed by atoms with Gasteiger partial charge in [0, 0.05) is 22.8 Å². The summed E-state index contributed by atoms with van der Waals surface area (Å²) in [6.07, 6.45) is 4.74. The second-order valence-electron chi connectivity index (χ2n) is 6.36. The fourth-order valence-corrected chi connectivity index (χ4v) is 2.65. The highest BCUT2D eigenvalue weighted by atomic mass is 16.5. The Morgan fingerprint density at radius 2 is 1.74 bits per heavy atom. The van der Waals surface area contributed by atoms with Crippen LogP contribution in [-0.4, -0.2) is 24.1 Å². The molecular formula is C23H24O4. The third kappa shape index (κ3) is 5.48. The standard InChI is InChI=1S/C23H24O4/c1-4-5-14-27-22(25)13-12-20-16(2)8-6-11-21(20)23(26)19-10-7-9-18(15-19)17(3)24/h6-13,15H,4-5,14H2,1-3H3/b13-12+. The highest BCUT2D eigenvalue weighted by molar-refractivity contribution is 6.12. The van der Waals surface area contributed by atoms with Crippen LogP contribution >= 0.6 is 0 Å². The summed E-state index contributed by atoms with van der Waals surface area (Å²) in [5.41, 5.74) is 2.95. The molecule has 0 N–H and O–H groups in total. The van der Waals surface area contributed by atoms with E-state index >= 15 is 0 Å². The Morgan fingerprint density at radius 3 is 2.44 bits per heavy atom. The summed E-state index contributed by atoms with van der Waals surface area (Å²) in [4.78, 5) is 36.4. The Kier molecular flexibility index (Phi) is 7.24. The molecule has 0 aliphatic rings.